The second kappa shape index (κ2) is 16.5. The van der Waals surface area contributed by atoms with Gasteiger partial charge in [-0.2, -0.15) is 0 Å². The lowest BCUT2D eigenvalue weighted by Gasteiger charge is -2.29. The predicted octanol–water partition coefficient (Wildman–Crippen LogP) is 13.9. The molecule has 0 atom stereocenters. The van der Waals surface area contributed by atoms with Crippen LogP contribution >= 0.6 is 0 Å². The summed E-state index contributed by atoms with van der Waals surface area (Å²) in [5, 5.41) is 2.47. The predicted molar refractivity (Wildman–Crippen MR) is 217 cm³/mol. The molecule has 0 aliphatic rings. The lowest BCUT2D eigenvalue weighted by atomic mass is 9.99. The zero-order valence-electron chi connectivity index (χ0n) is 30.0. The van der Waals surface area contributed by atoms with Gasteiger partial charge in [0.05, 0.1) is 11.4 Å². The Hall–Kier alpha value is -5.60. The molecule has 0 bridgehead atoms. The summed E-state index contributed by atoms with van der Waals surface area (Å²) < 4.78 is 0. The van der Waals surface area contributed by atoms with E-state index in [4.69, 9.17) is 0 Å². The van der Waals surface area contributed by atoms with E-state index in [9.17, 15) is 0 Å². The van der Waals surface area contributed by atoms with E-state index in [0.29, 0.717) is 0 Å². The van der Waals surface area contributed by atoms with Crippen LogP contribution in [0.15, 0.2) is 164 Å². The molecular weight excluding hydrogens is 593 g/mol. The van der Waals surface area contributed by atoms with E-state index in [-0.39, 0.29) is 0 Å². The fourth-order valence-corrected chi connectivity index (χ4v) is 6.40. The molecule has 0 N–H and O–H groups in total. The third-order valence-electron chi connectivity index (χ3n) is 8.84. The van der Waals surface area contributed by atoms with Crippen molar-refractivity contribution in [2.45, 2.75) is 48.5 Å². The number of rotatable bonds is 11. The molecule has 0 fully saturated rings. The van der Waals surface area contributed by atoms with Gasteiger partial charge in [0, 0.05) is 28.7 Å². The number of benzene rings is 5. The topological polar surface area (TPSA) is 6.48 Å². The number of allylic oxidation sites excluding steroid dienone is 9. The molecule has 0 spiro atoms. The Kier molecular flexibility index (Phi) is 11.7. The molecule has 0 saturated carbocycles. The SMILES string of the molecule is C\C=C/C=C\C=C\N(c1ccc(-c2ccc(N(C(/C=C\C)=C/C)c3c(C)ccc4ccccc34)cc2)cc1)c1c(C)ccc(/C=C\C)c1C. The lowest BCUT2D eigenvalue weighted by Crippen LogP contribution is -2.16. The van der Waals surface area contributed by atoms with Gasteiger partial charge in [0.25, 0.3) is 0 Å². The van der Waals surface area contributed by atoms with Gasteiger partial charge in [-0.1, -0.05) is 121 Å². The fourth-order valence-electron chi connectivity index (χ4n) is 6.40. The van der Waals surface area contributed by atoms with Crippen molar-refractivity contribution in [1.82, 2.24) is 0 Å². The third kappa shape index (κ3) is 7.77. The smallest absolute Gasteiger partial charge is 0.0569 e. The summed E-state index contributed by atoms with van der Waals surface area (Å²) >= 11 is 0. The van der Waals surface area contributed by atoms with Crippen LogP contribution in [0.3, 0.4) is 0 Å². The number of nitrogens with zero attached hydrogens (tertiary/aromatic N) is 2. The van der Waals surface area contributed by atoms with Gasteiger partial charge in [-0.15, -0.1) is 0 Å². The van der Waals surface area contributed by atoms with Crippen molar-refractivity contribution in [3.8, 4) is 11.1 Å². The zero-order valence-corrected chi connectivity index (χ0v) is 30.0. The first-order chi connectivity index (χ1) is 23.9. The van der Waals surface area contributed by atoms with E-state index < -0.39 is 0 Å². The molecule has 0 saturated heterocycles. The van der Waals surface area contributed by atoms with Gasteiger partial charge >= 0.3 is 0 Å². The second-order valence-corrected chi connectivity index (χ2v) is 12.2. The Morgan fingerprint density at radius 3 is 1.84 bits per heavy atom. The molecule has 5 rings (SSSR count). The largest absolute Gasteiger partial charge is 0.317 e. The Labute approximate surface area is 294 Å². The summed E-state index contributed by atoms with van der Waals surface area (Å²) in [4.78, 5) is 4.68. The monoisotopic (exact) mass is 640 g/mol. The van der Waals surface area contributed by atoms with Crippen LogP contribution in [0.4, 0.5) is 22.7 Å². The van der Waals surface area contributed by atoms with Crippen molar-refractivity contribution >= 4 is 39.6 Å². The van der Waals surface area contributed by atoms with Gasteiger partial charge in [0.1, 0.15) is 0 Å². The number of fused-ring (bicyclic) bond motifs is 1. The Bertz CT molecular complexity index is 2070. The molecule has 0 radical (unpaired) electrons. The van der Waals surface area contributed by atoms with Gasteiger partial charge in [0.2, 0.25) is 0 Å². The third-order valence-corrected chi connectivity index (χ3v) is 8.84. The minimum atomic E-state index is 1.11. The quantitative estimate of drug-likeness (QED) is 0.133. The highest BCUT2D eigenvalue weighted by atomic mass is 15.2. The molecule has 0 heterocycles. The van der Waals surface area contributed by atoms with Crippen molar-refractivity contribution in [3.05, 3.63) is 186 Å². The highest BCUT2D eigenvalue weighted by molar-refractivity contribution is 5.99. The first-order valence-electron chi connectivity index (χ1n) is 17.2. The molecule has 0 aliphatic heterocycles. The minimum Gasteiger partial charge on any atom is -0.317 e. The minimum absolute atomic E-state index is 1.11. The Balaban J connectivity index is 1.53. The second-order valence-electron chi connectivity index (χ2n) is 12.2. The molecular formula is C47H48N2. The van der Waals surface area contributed by atoms with Crippen LogP contribution in [-0.2, 0) is 0 Å². The van der Waals surface area contributed by atoms with Crippen molar-refractivity contribution in [2.75, 3.05) is 9.80 Å². The summed E-state index contributed by atoms with van der Waals surface area (Å²) in [6.07, 6.45) is 23.2. The molecule has 0 aromatic heterocycles. The van der Waals surface area contributed by atoms with Crippen LogP contribution in [0.5, 0.6) is 0 Å². The first kappa shape index (κ1) is 34.7. The molecule has 5 aromatic rings. The maximum atomic E-state index is 2.38. The Morgan fingerprint density at radius 2 is 1.18 bits per heavy atom. The molecule has 0 aliphatic carbocycles. The molecule has 49 heavy (non-hydrogen) atoms. The number of hydrogen-bond acceptors (Lipinski definition) is 2. The van der Waals surface area contributed by atoms with Crippen molar-refractivity contribution in [1.29, 1.82) is 0 Å². The van der Waals surface area contributed by atoms with Gasteiger partial charge < -0.3 is 9.80 Å². The molecule has 2 heteroatoms. The highest BCUT2D eigenvalue weighted by Crippen LogP contribution is 2.40. The van der Waals surface area contributed by atoms with Crippen molar-refractivity contribution in [2.24, 2.45) is 0 Å². The van der Waals surface area contributed by atoms with Crippen LogP contribution in [0.25, 0.3) is 28.0 Å². The van der Waals surface area contributed by atoms with Crippen molar-refractivity contribution < 1.29 is 0 Å². The lowest BCUT2D eigenvalue weighted by molar-refractivity contribution is 1.19. The van der Waals surface area contributed by atoms with Crippen LogP contribution in [0.1, 0.15) is 49.9 Å². The molecule has 2 nitrogen and oxygen atoms in total. The number of anilines is 4. The average molecular weight is 641 g/mol. The van der Waals surface area contributed by atoms with E-state index in [1.165, 1.54) is 55.5 Å². The summed E-state index contributed by atoms with van der Waals surface area (Å²) in [7, 11) is 0. The van der Waals surface area contributed by atoms with Gasteiger partial charge in [-0.3, -0.25) is 0 Å². The maximum absolute atomic E-state index is 2.38. The molecule has 0 amide bonds. The highest BCUT2D eigenvalue weighted by Gasteiger charge is 2.18. The normalized spacial score (nSPS) is 12.5. The van der Waals surface area contributed by atoms with Gasteiger partial charge in [0.15, 0.2) is 0 Å². The van der Waals surface area contributed by atoms with Gasteiger partial charge in [-0.25, -0.2) is 0 Å². The standard InChI is InChI=1S/C47H48N2/c1-8-12-13-14-17-34-48(46-35(5)22-24-38(18-9-2)37(46)7)43-30-26-39(27-31-43)40-28-32-44(33-29-40)49(42(11-4)19-10-3)47-36(6)23-25-41-20-15-16-21-45(41)47/h8-34H,1-7H3/b12-8-,14-13-,18-9-,19-10-,34-17+,42-11+. The summed E-state index contributed by atoms with van der Waals surface area (Å²) in [5.41, 5.74) is 13.1. The molecule has 0 unspecified atom stereocenters. The van der Waals surface area contributed by atoms with E-state index in [1.807, 2.05) is 19.1 Å². The summed E-state index contributed by atoms with van der Waals surface area (Å²) in [6, 6.07) is 35.3. The van der Waals surface area contributed by atoms with E-state index >= 15 is 0 Å². The van der Waals surface area contributed by atoms with E-state index in [2.05, 4.69) is 203 Å². The van der Waals surface area contributed by atoms with Crippen LogP contribution in [-0.4, -0.2) is 0 Å². The molecule has 5 aromatic carbocycles. The Morgan fingerprint density at radius 1 is 0.551 bits per heavy atom. The van der Waals surface area contributed by atoms with E-state index in [1.54, 1.807) is 0 Å². The van der Waals surface area contributed by atoms with Crippen molar-refractivity contribution in [3.63, 3.8) is 0 Å². The summed E-state index contributed by atoms with van der Waals surface area (Å²) in [5.74, 6) is 0. The van der Waals surface area contributed by atoms with Crippen LogP contribution < -0.4 is 9.80 Å². The molecule has 246 valence electrons. The average Bonchev–Trinajstić information content (AvgIpc) is 3.13. The van der Waals surface area contributed by atoms with Gasteiger partial charge in [-0.05, 0) is 124 Å². The van der Waals surface area contributed by atoms with Crippen LogP contribution in [0.2, 0.25) is 0 Å². The zero-order chi connectivity index (χ0) is 34.8. The fraction of sp³-hybridized carbons (Fsp3) is 0.149. The summed E-state index contributed by atoms with van der Waals surface area (Å²) in [6.45, 7) is 14.9. The van der Waals surface area contributed by atoms with Crippen LogP contribution in [0, 0.1) is 20.8 Å². The number of aryl methyl sites for hydroxylation is 2. The first-order valence-corrected chi connectivity index (χ1v) is 17.2. The van der Waals surface area contributed by atoms with E-state index in [0.717, 1.165) is 17.1 Å². The maximum Gasteiger partial charge on any atom is 0.0569 e. The number of hydrogen-bond donors (Lipinski definition) is 0.